The van der Waals surface area contributed by atoms with E-state index in [1.807, 2.05) is 13.8 Å². The molecule has 3 aromatic rings. The molecule has 1 aliphatic rings. The van der Waals surface area contributed by atoms with Crippen LogP contribution >= 0.6 is 7.05 Å². The van der Waals surface area contributed by atoms with E-state index in [0.717, 1.165) is 23.3 Å². The Morgan fingerprint density at radius 3 is 1.26 bits per heavy atom. The summed E-state index contributed by atoms with van der Waals surface area (Å²) in [6.45, 7) is 17.6. The largest absolute Gasteiger partial charge is 0.258 e. The van der Waals surface area contributed by atoms with Gasteiger partial charge in [0.2, 0.25) is 0 Å². The number of rotatable bonds is 5. The minimum atomic E-state index is -2.15. The Hall–Kier alpha value is -2.44. The molecule has 0 spiro atoms. The van der Waals surface area contributed by atoms with Crippen LogP contribution in [-0.4, -0.2) is 0 Å². The van der Waals surface area contributed by atoms with Crippen LogP contribution in [0.3, 0.4) is 0 Å². The fourth-order valence-electron chi connectivity index (χ4n) is 3.60. The Bertz CT molecular complexity index is 1150. The second-order valence-corrected chi connectivity index (χ2v) is 12.1. The van der Waals surface area contributed by atoms with E-state index >= 15 is 0 Å². The zero-order valence-electron chi connectivity index (χ0n) is 21.7. The van der Waals surface area contributed by atoms with Gasteiger partial charge < -0.3 is 0 Å². The molecule has 0 saturated heterocycles. The minimum absolute atomic E-state index is 0. The standard InChI is InChI=1S/C26H26NP.C6H10.Ti/c1-20-8-14-24(15-9-20)28(27-23-6-4-5-7-23,25-16-10-21(2)11-17-25)26-18-12-22(3)13-19-26;1-5(2)6(3)4;/h4-6,8-19H,7H2,1-3H3;1,3H2,2,4H3;. The molecule has 0 atom stereocenters. The normalized spacial score (nSPS) is 12.1. The van der Waals surface area contributed by atoms with Gasteiger partial charge in [0.25, 0.3) is 0 Å². The summed E-state index contributed by atoms with van der Waals surface area (Å²) in [5.41, 5.74) is 7.12. The minimum Gasteiger partial charge on any atom is -0.258 e. The second-order valence-electron chi connectivity index (χ2n) is 9.09. The summed E-state index contributed by atoms with van der Waals surface area (Å²) in [7, 11) is -2.15. The molecule has 0 heterocycles. The molecule has 4 rings (SSSR count). The molecule has 0 radical (unpaired) electrons. The number of allylic oxidation sites excluding steroid dienone is 5. The maximum Gasteiger partial charge on any atom is 0.0608 e. The van der Waals surface area contributed by atoms with Gasteiger partial charge in [0.05, 0.1) is 7.05 Å². The molecule has 0 amide bonds. The van der Waals surface area contributed by atoms with Gasteiger partial charge in [0, 0.05) is 49.7 Å². The van der Waals surface area contributed by atoms with Gasteiger partial charge in [-0.05, 0) is 40.7 Å². The third-order valence-electron chi connectivity index (χ3n) is 5.98. The van der Waals surface area contributed by atoms with Gasteiger partial charge >= 0.3 is 0 Å². The van der Waals surface area contributed by atoms with Crippen molar-refractivity contribution in [2.45, 2.75) is 41.0 Å². The molecule has 0 fully saturated rings. The first-order chi connectivity index (χ1) is 16.2. The predicted octanol–water partition coefficient (Wildman–Crippen LogP) is 8.07. The first-order valence-corrected chi connectivity index (χ1v) is 13.5. The van der Waals surface area contributed by atoms with Crippen molar-refractivity contribution in [3.05, 3.63) is 138 Å². The smallest absolute Gasteiger partial charge is 0.0608 e. The third-order valence-corrected chi connectivity index (χ3v) is 9.67. The summed E-state index contributed by atoms with van der Waals surface area (Å²) < 4.78 is 5.52. The maximum atomic E-state index is 5.52. The summed E-state index contributed by atoms with van der Waals surface area (Å²) in [5.74, 6) is 0. The van der Waals surface area contributed by atoms with Crippen LogP contribution in [0.15, 0.2) is 126 Å². The van der Waals surface area contributed by atoms with Crippen LogP contribution in [0.4, 0.5) is 0 Å². The van der Waals surface area contributed by atoms with Gasteiger partial charge in [0.1, 0.15) is 0 Å². The quantitative estimate of drug-likeness (QED) is 0.186. The Morgan fingerprint density at radius 1 is 0.657 bits per heavy atom. The number of aryl methyl sites for hydroxylation is 3. The SMILES string of the molecule is C=C(C)C(=C)C.Cc1ccc(P(=NC2=CC=CC2)(c2ccc(C)cc2)c2ccc(C)cc2)cc1.[Ti]. The van der Waals surface area contributed by atoms with Crippen LogP contribution in [0.2, 0.25) is 0 Å². The summed E-state index contributed by atoms with van der Waals surface area (Å²) >= 11 is 0. The Labute approximate surface area is 227 Å². The van der Waals surface area contributed by atoms with Gasteiger partial charge in [-0.1, -0.05) is 126 Å². The molecular formula is C32H36NPTi. The van der Waals surface area contributed by atoms with E-state index in [1.54, 1.807) is 0 Å². The van der Waals surface area contributed by atoms with Crippen molar-refractivity contribution in [2.75, 3.05) is 0 Å². The van der Waals surface area contributed by atoms with Crippen LogP contribution in [0, 0.1) is 20.8 Å². The summed E-state index contributed by atoms with van der Waals surface area (Å²) in [6.07, 6.45) is 7.37. The fourth-order valence-corrected chi connectivity index (χ4v) is 7.12. The van der Waals surface area contributed by atoms with E-state index in [1.165, 1.54) is 32.6 Å². The van der Waals surface area contributed by atoms with Crippen molar-refractivity contribution < 1.29 is 21.7 Å². The first kappa shape index (κ1) is 28.8. The molecule has 178 valence electrons. The van der Waals surface area contributed by atoms with Crippen molar-refractivity contribution >= 4 is 23.0 Å². The second kappa shape index (κ2) is 13.0. The van der Waals surface area contributed by atoms with Crippen LogP contribution in [0.25, 0.3) is 0 Å². The van der Waals surface area contributed by atoms with E-state index in [2.05, 4.69) is 125 Å². The molecule has 0 unspecified atom stereocenters. The Kier molecular flexibility index (Phi) is 10.7. The van der Waals surface area contributed by atoms with Gasteiger partial charge in [-0.3, -0.25) is 4.74 Å². The van der Waals surface area contributed by atoms with Crippen LogP contribution in [0.1, 0.15) is 37.0 Å². The van der Waals surface area contributed by atoms with E-state index in [0.29, 0.717) is 0 Å². The zero-order valence-corrected chi connectivity index (χ0v) is 24.1. The van der Waals surface area contributed by atoms with Crippen LogP contribution < -0.4 is 15.9 Å². The van der Waals surface area contributed by atoms with Gasteiger partial charge in [-0.15, -0.1) is 0 Å². The number of nitrogens with zero attached hydrogens (tertiary/aromatic N) is 1. The molecule has 1 nitrogen and oxygen atoms in total. The summed E-state index contributed by atoms with van der Waals surface area (Å²) in [5, 5.41) is 3.91. The Balaban J connectivity index is 0.000000552. The molecule has 1 aliphatic carbocycles. The molecule has 0 saturated carbocycles. The zero-order chi connectivity index (χ0) is 24.7. The van der Waals surface area contributed by atoms with Crippen molar-refractivity contribution in [1.29, 1.82) is 0 Å². The molecule has 35 heavy (non-hydrogen) atoms. The molecule has 0 N–H and O–H groups in total. The number of hydrogen-bond acceptors (Lipinski definition) is 1. The Morgan fingerprint density at radius 2 is 1.00 bits per heavy atom. The number of benzene rings is 3. The topological polar surface area (TPSA) is 12.4 Å². The van der Waals surface area contributed by atoms with E-state index in [4.69, 9.17) is 4.74 Å². The fraction of sp³-hybridized carbons (Fsp3) is 0.188. The van der Waals surface area contributed by atoms with E-state index in [9.17, 15) is 0 Å². The molecule has 0 aliphatic heterocycles. The first-order valence-electron chi connectivity index (χ1n) is 11.7. The van der Waals surface area contributed by atoms with Crippen molar-refractivity contribution in [1.82, 2.24) is 0 Å². The maximum absolute atomic E-state index is 5.52. The van der Waals surface area contributed by atoms with E-state index < -0.39 is 7.05 Å². The predicted molar refractivity (Wildman–Crippen MR) is 153 cm³/mol. The average Bonchev–Trinajstić information content (AvgIpc) is 3.33. The number of hydrogen-bond donors (Lipinski definition) is 0. The third kappa shape index (κ3) is 7.28. The molecule has 0 aromatic heterocycles. The van der Waals surface area contributed by atoms with Crippen molar-refractivity contribution in [2.24, 2.45) is 4.74 Å². The molecule has 3 heteroatoms. The van der Waals surface area contributed by atoms with Gasteiger partial charge in [0.15, 0.2) is 0 Å². The monoisotopic (exact) mass is 513 g/mol. The summed E-state index contributed by atoms with van der Waals surface area (Å²) in [4.78, 5) is 0. The van der Waals surface area contributed by atoms with Gasteiger partial charge in [-0.25, -0.2) is 0 Å². The molecular weight excluding hydrogens is 477 g/mol. The molecule has 0 bridgehead atoms. The van der Waals surface area contributed by atoms with Crippen molar-refractivity contribution in [3.8, 4) is 0 Å². The summed E-state index contributed by atoms with van der Waals surface area (Å²) in [6, 6.07) is 26.9. The average molecular weight is 513 g/mol. The van der Waals surface area contributed by atoms with Crippen LogP contribution in [-0.2, 0) is 21.7 Å². The van der Waals surface area contributed by atoms with Crippen molar-refractivity contribution in [3.63, 3.8) is 0 Å². The van der Waals surface area contributed by atoms with Gasteiger partial charge in [-0.2, -0.15) is 0 Å². The molecule has 3 aromatic carbocycles. The van der Waals surface area contributed by atoms with E-state index in [-0.39, 0.29) is 21.7 Å². The van der Waals surface area contributed by atoms with Crippen LogP contribution in [0.5, 0.6) is 0 Å².